The Morgan fingerprint density at radius 3 is 2.67 bits per heavy atom. The molecule has 0 spiro atoms. The fourth-order valence-electron chi connectivity index (χ4n) is 3.51. The molecule has 4 unspecified atom stereocenters. The van der Waals surface area contributed by atoms with Crippen LogP contribution >= 0.6 is 38.9 Å². The van der Waals surface area contributed by atoms with Gasteiger partial charge in [0.15, 0.2) is 0 Å². The summed E-state index contributed by atoms with van der Waals surface area (Å²) in [5, 5.41) is 9.70. The molecule has 116 valence electrons. The normalized spacial score (nSPS) is 31.7. The Morgan fingerprint density at radius 1 is 1.43 bits per heavy atom. The molecule has 2 fully saturated rings. The smallest absolute Gasteiger partial charge is 0.308 e. The van der Waals surface area contributed by atoms with Crippen LogP contribution in [-0.4, -0.2) is 25.5 Å². The summed E-state index contributed by atoms with van der Waals surface area (Å²) in [6.45, 7) is 0. The SMILES string of the molecule is O=C(O)C1C2CCC(C2)C1NS(=O)(=O)c1cc(Cl)c(Br)s1. The molecule has 0 aromatic carbocycles. The second-order valence-corrected chi connectivity index (χ2v) is 10.2. The molecular weight excluding hydrogens is 402 g/mol. The lowest BCUT2D eigenvalue weighted by atomic mass is 9.85. The minimum atomic E-state index is -3.74. The summed E-state index contributed by atoms with van der Waals surface area (Å²) in [5.74, 6) is -1.35. The monoisotopic (exact) mass is 413 g/mol. The van der Waals surface area contributed by atoms with Crippen molar-refractivity contribution in [3.05, 3.63) is 14.9 Å². The van der Waals surface area contributed by atoms with E-state index in [9.17, 15) is 18.3 Å². The van der Waals surface area contributed by atoms with Crippen LogP contribution in [0.4, 0.5) is 0 Å². The molecule has 2 aliphatic rings. The van der Waals surface area contributed by atoms with Gasteiger partial charge in [-0.1, -0.05) is 11.6 Å². The molecule has 0 radical (unpaired) electrons. The Hall–Kier alpha value is -0.150. The molecule has 2 saturated carbocycles. The van der Waals surface area contributed by atoms with E-state index in [0.717, 1.165) is 30.6 Å². The van der Waals surface area contributed by atoms with Crippen molar-refractivity contribution in [3.63, 3.8) is 0 Å². The van der Waals surface area contributed by atoms with Gasteiger partial charge in [0.25, 0.3) is 0 Å². The summed E-state index contributed by atoms with van der Waals surface area (Å²) >= 11 is 10.1. The summed E-state index contributed by atoms with van der Waals surface area (Å²) in [6, 6.07) is 0.854. The van der Waals surface area contributed by atoms with Crippen molar-refractivity contribution >= 4 is 54.9 Å². The number of aliphatic carboxylic acids is 1. The number of nitrogens with one attached hydrogen (secondary N) is 1. The summed E-state index contributed by atoms with van der Waals surface area (Å²) < 4.78 is 28.1. The third kappa shape index (κ3) is 2.76. The average molecular weight is 415 g/mol. The van der Waals surface area contributed by atoms with Crippen molar-refractivity contribution in [1.29, 1.82) is 0 Å². The van der Waals surface area contributed by atoms with Gasteiger partial charge in [0.05, 0.1) is 14.7 Å². The van der Waals surface area contributed by atoms with Crippen molar-refractivity contribution < 1.29 is 18.3 Å². The highest BCUT2D eigenvalue weighted by atomic mass is 79.9. The summed E-state index contributed by atoms with van der Waals surface area (Å²) in [6.07, 6.45) is 2.55. The lowest BCUT2D eigenvalue weighted by Crippen LogP contribution is -2.46. The van der Waals surface area contributed by atoms with E-state index in [1.807, 2.05) is 0 Å². The van der Waals surface area contributed by atoms with Crippen LogP contribution in [0, 0.1) is 17.8 Å². The van der Waals surface area contributed by atoms with Crippen LogP contribution in [0.3, 0.4) is 0 Å². The minimum absolute atomic E-state index is 0.0823. The van der Waals surface area contributed by atoms with Crippen molar-refractivity contribution in [3.8, 4) is 0 Å². The number of sulfonamides is 1. The standard InChI is InChI=1S/C12H13BrClNO4S2/c13-11-7(14)4-8(20-11)21(18,19)15-10-6-2-1-5(3-6)9(10)12(16)17/h4-6,9-10,15H,1-3H2,(H,16,17). The van der Waals surface area contributed by atoms with Crippen LogP contribution < -0.4 is 4.72 Å². The second-order valence-electron chi connectivity index (χ2n) is 5.53. The van der Waals surface area contributed by atoms with E-state index in [-0.39, 0.29) is 16.0 Å². The first-order chi connectivity index (χ1) is 9.79. The topological polar surface area (TPSA) is 83.5 Å². The Labute approximate surface area is 139 Å². The molecule has 5 nitrogen and oxygen atoms in total. The van der Waals surface area contributed by atoms with E-state index in [1.54, 1.807) is 0 Å². The van der Waals surface area contributed by atoms with E-state index in [0.29, 0.717) is 8.81 Å². The summed E-state index contributed by atoms with van der Waals surface area (Å²) in [5.41, 5.74) is 0. The predicted molar refractivity (Wildman–Crippen MR) is 83.1 cm³/mol. The van der Waals surface area contributed by atoms with Crippen LogP contribution in [0.1, 0.15) is 19.3 Å². The minimum Gasteiger partial charge on any atom is -0.481 e. The largest absolute Gasteiger partial charge is 0.481 e. The summed E-state index contributed by atoms with van der Waals surface area (Å²) in [4.78, 5) is 11.4. The first-order valence-corrected chi connectivity index (χ1v) is 9.96. The van der Waals surface area contributed by atoms with Crippen LogP contribution in [0.2, 0.25) is 5.02 Å². The molecular formula is C12H13BrClNO4S2. The molecule has 2 bridgehead atoms. The number of rotatable bonds is 4. The van der Waals surface area contributed by atoms with E-state index >= 15 is 0 Å². The number of carboxylic acids is 1. The number of carboxylic acid groups (broad SMARTS) is 1. The number of hydrogen-bond donors (Lipinski definition) is 2. The lowest BCUT2D eigenvalue weighted by Gasteiger charge is -2.28. The quantitative estimate of drug-likeness (QED) is 0.793. The third-order valence-electron chi connectivity index (χ3n) is 4.38. The fourth-order valence-corrected chi connectivity index (χ4v) is 7.26. The number of hydrogen-bond acceptors (Lipinski definition) is 4. The maximum Gasteiger partial charge on any atom is 0.308 e. The molecule has 2 N–H and O–H groups in total. The highest BCUT2D eigenvalue weighted by molar-refractivity contribution is 9.11. The van der Waals surface area contributed by atoms with Gasteiger partial charge in [0.1, 0.15) is 4.21 Å². The molecule has 4 atom stereocenters. The van der Waals surface area contributed by atoms with Crippen molar-refractivity contribution in [2.75, 3.05) is 0 Å². The van der Waals surface area contributed by atoms with Crippen molar-refractivity contribution in [2.45, 2.75) is 29.5 Å². The molecule has 1 aromatic heterocycles. The van der Waals surface area contributed by atoms with Gasteiger partial charge in [-0.15, -0.1) is 11.3 Å². The first kappa shape index (κ1) is 15.7. The van der Waals surface area contributed by atoms with Gasteiger partial charge in [-0.25, -0.2) is 13.1 Å². The second kappa shape index (κ2) is 5.49. The Kier molecular flexibility index (Phi) is 4.11. The zero-order valence-electron chi connectivity index (χ0n) is 10.8. The van der Waals surface area contributed by atoms with Crippen LogP contribution in [0.25, 0.3) is 0 Å². The highest BCUT2D eigenvalue weighted by Crippen LogP contribution is 2.49. The molecule has 1 aromatic rings. The predicted octanol–water partition coefficient (Wildman–Crippen LogP) is 2.94. The Balaban J connectivity index is 1.86. The number of carbonyl (C=O) groups is 1. The first-order valence-electron chi connectivity index (χ1n) is 6.49. The highest BCUT2D eigenvalue weighted by Gasteiger charge is 2.52. The molecule has 21 heavy (non-hydrogen) atoms. The number of halogens is 2. The van der Waals surface area contributed by atoms with Gasteiger partial charge in [0, 0.05) is 6.04 Å². The van der Waals surface area contributed by atoms with Crippen LogP contribution in [0.15, 0.2) is 14.1 Å². The van der Waals surface area contributed by atoms with E-state index < -0.39 is 28.0 Å². The molecule has 3 rings (SSSR count). The Morgan fingerprint density at radius 2 is 2.10 bits per heavy atom. The third-order valence-corrected chi connectivity index (χ3v) is 8.79. The maximum atomic E-state index is 12.4. The Bertz CT molecular complexity index is 670. The van der Waals surface area contributed by atoms with Gasteiger partial charge in [-0.2, -0.15) is 0 Å². The molecule has 0 saturated heterocycles. The lowest BCUT2D eigenvalue weighted by molar-refractivity contribution is -0.144. The average Bonchev–Trinajstić information content (AvgIpc) is 3.05. The van der Waals surface area contributed by atoms with Gasteiger partial charge in [-0.05, 0) is 53.1 Å². The maximum absolute atomic E-state index is 12.4. The van der Waals surface area contributed by atoms with Crippen molar-refractivity contribution in [2.24, 2.45) is 17.8 Å². The van der Waals surface area contributed by atoms with Crippen LogP contribution in [0.5, 0.6) is 0 Å². The summed E-state index contributed by atoms with van der Waals surface area (Å²) in [7, 11) is -3.74. The van der Waals surface area contributed by atoms with E-state index in [2.05, 4.69) is 20.7 Å². The zero-order chi connectivity index (χ0) is 15.4. The van der Waals surface area contributed by atoms with Crippen LogP contribution in [-0.2, 0) is 14.8 Å². The molecule has 1 heterocycles. The van der Waals surface area contributed by atoms with Gasteiger partial charge < -0.3 is 5.11 Å². The number of thiophene rings is 1. The molecule has 9 heteroatoms. The van der Waals surface area contributed by atoms with E-state index in [1.165, 1.54) is 6.07 Å². The van der Waals surface area contributed by atoms with Gasteiger partial charge in [0.2, 0.25) is 10.0 Å². The van der Waals surface area contributed by atoms with E-state index in [4.69, 9.17) is 11.6 Å². The molecule has 0 amide bonds. The fraction of sp³-hybridized carbons (Fsp3) is 0.583. The molecule has 2 aliphatic carbocycles. The van der Waals surface area contributed by atoms with Gasteiger partial charge >= 0.3 is 5.97 Å². The number of fused-ring (bicyclic) bond motifs is 2. The van der Waals surface area contributed by atoms with Crippen molar-refractivity contribution in [1.82, 2.24) is 4.72 Å². The zero-order valence-corrected chi connectivity index (χ0v) is 14.7. The molecule has 0 aliphatic heterocycles. The van der Waals surface area contributed by atoms with Gasteiger partial charge in [-0.3, -0.25) is 4.79 Å².